The van der Waals surface area contributed by atoms with E-state index < -0.39 is 6.04 Å². The number of hydrogen-bond donors (Lipinski definition) is 1. The average molecular weight is 361 g/mol. The lowest BCUT2D eigenvalue weighted by Crippen LogP contribution is -2.41. The molecule has 0 saturated heterocycles. The summed E-state index contributed by atoms with van der Waals surface area (Å²) in [6.45, 7) is 0.544. The lowest BCUT2D eigenvalue weighted by Gasteiger charge is -2.26. The van der Waals surface area contributed by atoms with Gasteiger partial charge in [0.15, 0.2) is 0 Å². The van der Waals surface area contributed by atoms with Gasteiger partial charge >= 0.3 is 0 Å². The maximum atomic E-state index is 14.6. The Kier molecular flexibility index (Phi) is 4.85. The molecule has 4 rings (SSSR count). The molecule has 2 aromatic carbocycles. The summed E-state index contributed by atoms with van der Waals surface area (Å²) in [5, 5.41) is 0. The minimum Gasteiger partial charge on any atom is -0.316 e. The van der Waals surface area contributed by atoms with Crippen LogP contribution in [0.3, 0.4) is 0 Å². The Morgan fingerprint density at radius 1 is 1.08 bits per heavy atom. The summed E-state index contributed by atoms with van der Waals surface area (Å²) in [6, 6.07) is 13.7. The van der Waals surface area contributed by atoms with E-state index in [4.69, 9.17) is 5.73 Å². The summed E-state index contributed by atoms with van der Waals surface area (Å²) < 4.78 is 14.6. The largest absolute Gasteiger partial charge is 0.316 e. The molecule has 0 aromatic heterocycles. The third-order valence-electron chi connectivity index (χ3n) is 5.52. The molecule has 1 aliphatic heterocycles. The number of anilines is 1. The molecule has 132 valence electrons. The van der Waals surface area contributed by atoms with Gasteiger partial charge < -0.3 is 10.6 Å². The van der Waals surface area contributed by atoms with Crippen molar-refractivity contribution in [2.45, 2.75) is 37.1 Å². The quantitative estimate of drug-likeness (QED) is 0.876. The van der Waals surface area contributed by atoms with Crippen molar-refractivity contribution in [3.63, 3.8) is 0 Å². The summed E-state index contributed by atoms with van der Waals surface area (Å²) in [7, 11) is 0. The zero-order valence-corrected chi connectivity index (χ0v) is 14.8. The Labute approximate surface area is 153 Å². The maximum Gasteiger partial charge on any atom is 0.248 e. The van der Waals surface area contributed by atoms with Gasteiger partial charge in [0.1, 0.15) is 11.9 Å². The number of halogens is 2. The Morgan fingerprint density at radius 2 is 1.76 bits per heavy atom. The van der Waals surface area contributed by atoms with Crippen molar-refractivity contribution in [1.29, 1.82) is 0 Å². The predicted octanol–water partition coefficient (Wildman–Crippen LogP) is 4.11. The molecule has 25 heavy (non-hydrogen) atoms. The van der Waals surface area contributed by atoms with Gasteiger partial charge in [-0.15, -0.1) is 12.4 Å². The number of carbonyl (C=O) groups is 1. The topological polar surface area (TPSA) is 46.3 Å². The van der Waals surface area contributed by atoms with E-state index in [9.17, 15) is 9.18 Å². The Bertz CT molecular complexity index is 775. The van der Waals surface area contributed by atoms with Crippen LogP contribution in [0.5, 0.6) is 0 Å². The van der Waals surface area contributed by atoms with Crippen LogP contribution in [0.4, 0.5) is 10.1 Å². The molecule has 1 atom stereocenters. The first-order valence-corrected chi connectivity index (χ1v) is 8.53. The Balaban J connectivity index is 0.00000182. The molecule has 1 unspecified atom stereocenters. The summed E-state index contributed by atoms with van der Waals surface area (Å²) in [6.07, 6.45) is 4.04. The molecule has 5 heteroatoms. The highest BCUT2D eigenvalue weighted by Gasteiger charge is 2.48. The van der Waals surface area contributed by atoms with Gasteiger partial charge in [0.2, 0.25) is 5.91 Å². The van der Waals surface area contributed by atoms with Crippen LogP contribution >= 0.6 is 12.4 Å². The number of fused-ring (bicyclic) bond motifs is 2. The molecule has 1 heterocycles. The normalized spacial score (nSPS) is 18.7. The number of nitrogens with two attached hydrogens (primary N) is 1. The number of benzene rings is 2. The van der Waals surface area contributed by atoms with Crippen molar-refractivity contribution in [3.8, 4) is 0 Å². The van der Waals surface area contributed by atoms with Crippen molar-refractivity contribution < 1.29 is 9.18 Å². The lowest BCUT2D eigenvalue weighted by atomic mass is 9.80. The van der Waals surface area contributed by atoms with Crippen LogP contribution < -0.4 is 10.6 Å². The SMILES string of the molecule is Cl.NC(C(=O)N1CC2(CCCC2)c2c(F)cccc21)c1ccccc1. The van der Waals surface area contributed by atoms with E-state index >= 15 is 0 Å². The fourth-order valence-electron chi connectivity index (χ4n) is 4.36. The van der Waals surface area contributed by atoms with Crippen LogP contribution in [-0.4, -0.2) is 12.5 Å². The van der Waals surface area contributed by atoms with Crippen LogP contribution in [0.15, 0.2) is 48.5 Å². The summed E-state index contributed by atoms with van der Waals surface area (Å²) in [5.41, 5.74) is 8.19. The molecule has 2 aromatic rings. The van der Waals surface area contributed by atoms with Crippen molar-refractivity contribution >= 4 is 24.0 Å². The lowest BCUT2D eigenvalue weighted by molar-refractivity contribution is -0.120. The van der Waals surface area contributed by atoms with Gasteiger partial charge in [-0.05, 0) is 30.5 Å². The number of rotatable bonds is 2. The maximum absolute atomic E-state index is 14.6. The van der Waals surface area contributed by atoms with Gasteiger partial charge in [-0.2, -0.15) is 0 Å². The molecule has 2 N–H and O–H groups in total. The van der Waals surface area contributed by atoms with Gasteiger partial charge in [0.05, 0.1) is 5.69 Å². The van der Waals surface area contributed by atoms with Crippen LogP contribution in [0, 0.1) is 5.82 Å². The molecule has 1 spiro atoms. The second kappa shape index (κ2) is 6.77. The molecule has 0 radical (unpaired) electrons. The van der Waals surface area contributed by atoms with E-state index in [1.165, 1.54) is 6.07 Å². The van der Waals surface area contributed by atoms with Crippen molar-refractivity contribution in [1.82, 2.24) is 0 Å². The number of hydrogen-bond acceptors (Lipinski definition) is 2. The second-order valence-electron chi connectivity index (χ2n) is 6.93. The number of carbonyl (C=O) groups excluding carboxylic acids is 1. The fourth-order valence-corrected chi connectivity index (χ4v) is 4.36. The van der Waals surface area contributed by atoms with Crippen molar-refractivity contribution in [2.75, 3.05) is 11.4 Å². The highest BCUT2D eigenvalue weighted by molar-refractivity contribution is 6.00. The second-order valence-corrected chi connectivity index (χ2v) is 6.93. The predicted molar refractivity (Wildman–Crippen MR) is 99.5 cm³/mol. The summed E-state index contributed by atoms with van der Waals surface area (Å²) in [5.74, 6) is -0.352. The van der Waals surface area contributed by atoms with E-state index in [1.807, 2.05) is 36.4 Å². The van der Waals surface area contributed by atoms with Gasteiger partial charge in [0, 0.05) is 17.5 Å². The molecular weight excluding hydrogens is 339 g/mol. The number of nitrogens with zero attached hydrogens (tertiary/aromatic N) is 1. The van der Waals surface area contributed by atoms with Crippen LogP contribution in [0.2, 0.25) is 0 Å². The van der Waals surface area contributed by atoms with Gasteiger partial charge in [-0.25, -0.2) is 4.39 Å². The molecule has 1 aliphatic carbocycles. The highest BCUT2D eigenvalue weighted by atomic mass is 35.5. The average Bonchev–Trinajstić information content (AvgIpc) is 3.21. The third-order valence-corrected chi connectivity index (χ3v) is 5.52. The molecule has 0 bridgehead atoms. The van der Waals surface area contributed by atoms with Crippen LogP contribution in [0.1, 0.15) is 42.9 Å². The zero-order chi connectivity index (χ0) is 16.7. The third kappa shape index (κ3) is 2.83. The minimum absolute atomic E-state index is 0. The molecular formula is C20H22ClFN2O. The first-order chi connectivity index (χ1) is 11.6. The molecule has 1 amide bonds. The summed E-state index contributed by atoms with van der Waals surface area (Å²) in [4.78, 5) is 14.7. The smallest absolute Gasteiger partial charge is 0.248 e. The first kappa shape index (κ1) is 17.9. The van der Waals surface area contributed by atoms with E-state index in [2.05, 4.69) is 0 Å². The minimum atomic E-state index is -0.723. The monoisotopic (exact) mass is 360 g/mol. The van der Waals surface area contributed by atoms with Gasteiger partial charge in [-0.1, -0.05) is 49.2 Å². The molecule has 1 fully saturated rings. The van der Waals surface area contributed by atoms with E-state index in [-0.39, 0.29) is 29.5 Å². The molecule has 2 aliphatic rings. The zero-order valence-electron chi connectivity index (χ0n) is 14.0. The Morgan fingerprint density at radius 3 is 2.44 bits per heavy atom. The first-order valence-electron chi connectivity index (χ1n) is 8.53. The Hall–Kier alpha value is -1.91. The van der Waals surface area contributed by atoms with E-state index in [0.29, 0.717) is 12.2 Å². The number of amides is 1. The van der Waals surface area contributed by atoms with Crippen LogP contribution in [-0.2, 0) is 10.2 Å². The van der Waals surface area contributed by atoms with E-state index in [0.717, 1.165) is 36.8 Å². The summed E-state index contributed by atoms with van der Waals surface area (Å²) >= 11 is 0. The van der Waals surface area contributed by atoms with E-state index in [1.54, 1.807) is 11.0 Å². The highest BCUT2D eigenvalue weighted by Crippen LogP contribution is 2.51. The van der Waals surface area contributed by atoms with Gasteiger partial charge in [0.25, 0.3) is 0 Å². The molecule has 1 saturated carbocycles. The van der Waals surface area contributed by atoms with Crippen LogP contribution in [0.25, 0.3) is 0 Å². The standard InChI is InChI=1S/C20H21FN2O.ClH/c21-15-9-6-10-16-17(15)20(11-4-5-12-20)13-23(16)19(24)18(22)14-7-2-1-3-8-14;/h1-3,6-10,18H,4-5,11-13,22H2;1H. The van der Waals surface area contributed by atoms with Crippen molar-refractivity contribution in [3.05, 3.63) is 65.5 Å². The molecule has 3 nitrogen and oxygen atoms in total. The van der Waals surface area contributed by atoms with Crippen molar-refractivity contribution in [2.24, 2.45) is 5.73 Å². The van der Waals surface area contributed by atoms with Gasteiger partial charge in [-0.3, -0.25) is 4.79 Å². The fraction of sp³-hybridized carbons (Fsp3) is 0.350.